The molecule has 0 aromatic carbocycles. The maximum Gasteiger partial charge on any atom is 0.169 e. The van der Waals surface area contributed by atoms with E-state index < -0.39 is 0 Å². The van der Waals surface area contributed by atoms with Crippen molar-refractivity contribution in [1.82, 2.24) is 4.90 Å². The Morgan fingerprint density at radius 3 is 3.00 bits per heavy atom. The fraction of sp³-hybridized carbons (Fsp3) is 0.636. The zero-order chi connectivity index (χ0) is 9.54. The predicted molar refractivity (Wildman–Crippen MR) is 57.9 cm³/mol. The van der Waals surface area contributed by atoms with Crippen molar-refractivity contribution in [2.45, 2.75) is 31.8 Å². The van der Waals surface area contributed by atoms with Crippen LogP contribution >= 0.6 is 15.9 Å². The highest BCUT2D eigenvalue weighted by Gasteiger charge is 2.37. The van der Waals surface area contributed by atoms with Crippen LogP contribution in [0.15, 0.2) is 21.4 Å². The lowest BCUT2D eigenvalue weighted by atomic mass is 10.1. The molecule has 76 valence electrons. The van der Waals surface area contributed by atoms with Gasteiger partial charge in [-0.1, -0.05) is 0 Å². The van der Waals surface area contributed by atoms with Crippen LogP contribution in [0.2, 0.25) is 0 Å². The van der Waals surface area contributed by atoms with Crippen LogP contribution < -0.4 is 0 Å². The Balaban J connectivity index is 1.68. The maximum absolute atomic E-state index is 5.24. The first kappa shape index (κ1) is 8.98. The number of hydrogen-bond donors (Lipinski definition) is 0. The van der Waals surface area contributed by atoms with Crippen molar-refractivity contribution in [2.75, 3.05) is 6.54 Å². The van der Waals surface area contributed by atoms with Gasteiger partial charge in [0.05, 0.1) is 6.26 Å². The molecular weight excluding hydrogens is 242 g/mol. The highest BCUT2D eigenvalue weighted by molar-refractivity contribution is 9.10. The topological polar surface area (TPSA) is 16.4 Å². The van der Waals surface area contributed by atoms with Crippen LogP contribution in [0.3, 0.4) is 0 Å². The molecule has 0 radical (unpaired) electrons. The number of furan rings is 1. The minimum absolute atomic E-state index is 0.844. The van der Waals surface area contributed by atoms with Crippen molar-refractivity contribution in [3.8, 4) is 0 Å². The number of hydrogen-bond acceptors (Lipinski definition) is 2. The van der Waals surface area contributed by atoms with Gasteiger partial charge in [-0.05, 0) is 47.2 Å². The van der Waals surface area contributed by atoms with E-state index >= 15 is 0 Å². The third-order valence-corrected chi connectivity index (χ3v) is 3.95. The van der Waals surface area contributed by atoms with Crippen molar-refractivity contribution in [2.24, 2.45) is 5.92 Å². The molecule has 2 bridgehead atoms. The molecule has 0 spiro atoms. The highest BCUT2D eigenvalue weighted by atomic mass is 79.9. The van der Waals surface area contributed by atoms with Crippen LogP contribution in [0, 0.1) is 5.92 Å². The molecular formula is C11H14BrNO. The predicted octanol–water partition coefficient (Wildman–Crippen LogP) is 3.03. The summed E-state index contributed by atoms with van der Waals surface area (Å²) in [4.78, 5) is 2.60. The molecule has 0 amide bonds. The van der Waals surface area contributed by atoms with Crippen LogP contribution in [-0.4, -0.2) is 17.5 Å². The third-order valence-electron chi connectivity index (χ3n) is 3.53. The lowest BCUT2D eigenvalue weighted by Crippen LogP contribution is -2.31. The second-order valence-corrected chi connectivity index (χ2v) is 5.30. The second kappa shape index (κ2) is 3.38. The minimum Gasteiger partial charge on any atom is -0.457 e. The van der Waals surface area contributed by atoms with E-state index in [2.05, 4.69) is 26.9 Å². The van der Waals surface area contributed by atoms with Crippen LogP contribution in [0.25, 0.3) is 0 Å². The Morgan fingerprint density at radius 2 is 2.43 bits per heavy atom. The molecule has 1 saturated carbocycles. The summed E-state index contributed by atoms with van der Waals surface area (Å²) < 4.78 is 6.09. The van der Waals surface area contributed by atoms with Gasteiger partial charge in [-0.25, -0.2) is 0 Å². The summed E-state index contributed by atoms with van der Waals surface area (Å²) in [5.41, 5.74) is 1.30. The van der Waals surface area contributed by atoms with Crippen LogP contribution in [-0.2, 0) is 6.54 Å². The molecule has 0 N–H and O–H groups in total. The molecule has 2 atom stereocenters. The fourth-order valence-corrected chi connectivity index (χ4v) is 3.27. The summed E-state index contributed by atoms with van der Waals surface area (Å²) in [6.45, 7) is 2.36. The summed E-state index contributed by atoms with van der Waals surface area (Å²) in [7, 11) is 0. The number of likely N-dealkylation sites (tertiary alicyclic amines) is 1. The first-order valence-electron chi connectivity index (χ1n) is 5.28. The van der Waals surface area contributed by atoms with Crippen LogP contribution in [0.4, 0.5) is 0 Å². The van der Waals surface area contributed by atoms with E-state index in [4.69, 9.17) is 4.42 Å². The fourth-order valence-electron chi connectivity index (χ4n) is 2.88. The Morgan fingerprint density at radius 1 is 1.50 bits per heavy atom. The molecule has 2 nitrogen and oxygen atoms in total. The molecule has 2 aliphatic rings. The lowest BCUT2D eigenvalue weighted by Gasteiger charge is -2.25. The first-order chi connectivity index (χ1) is 6.81. The molecule has 2 unspecified atom stereocenters. The van der Waals surface area contributed by atoms with E-state index in [1.54, 1.807) is 0 Å². The standard InChI is InChI=1S/C11H14BrNO/c12-11-4-9(7-14-11)6-13-5-8-1-2-10(13)3-8/h4,7-8,10H,1-3,5-6H2. The number of piperidine rings is 1. The average molecular weight is 256 g/mol. The molecule has 2 fully saturated rings. The molecule has 1 saturated heterocycles. The molecule has 1 aliphatic carbocycles. The Bertz CT molecular complexity index is 336. The number of rotatable bonds is 2. The second-order valence-electron chi connectivity index (χ2n) is 4.52. The Hall–Kier alpha value is -0.280. The van der Waals surface area contributed by atoms with E-state index in [1.165, 1.54) is 31.4 Å². The van der Waals surface area contributed by atoms with Crippen molar-refractivity contribution < 1.29 is 4.42 Å². The van der Waals surface area contributed by atoms with Crippen molar-refractivity contribution >= 4 is 15.9 Å². The van der Waals surface area contributed by atoms with E-state index in [0.717, 1.165) is 23.2 Å². The Kier molecular flexibility index (Phi) is 2.17. The minimum atomic E-state index is 0.844. The van der Waals surface area contributed by atoms with Gasteiger partial charge in [0.1, 0.15) is 0 Å². The van der Waals surface area contributed by atoms with Gasteiger partial charge in [-0.15, -0.1) is 0 Å². The molecule has 1 aromatic heterocycles. The van der Waals surface area contributed by atoms with Crippen molar-refractivity contribution in [3.63, 3.8) is 0 Å². The van der Waals surface area contributed by atoms with Crippen molar-refractivity contribution in [3.05, 3.63) is 22.6 Å². The highest BCUT2D eigenvalue weighted by Crippen LogP contribution is 2.38. The number of nitrogens with zero attached hydrogens (tertiary/aromatic N) is 1. The van der Waals surface area contributed by atoms with Gasteiger partial charge < -0.3 is 4.42 Å². The van der Waals surface area contributed by atoms with Gasteiger partial charge >= 0.3 is 0 Å². The van der Waals surface area contributed by atoms with Gasteiger partial charge in [0, 0.05) is 24.7 Å². The maximum atomic E-state index is 5.24. The largest absolute Gasteiger partial charge is 0.457 e. The zero-order valence-electron chi connectivity index (χ0n) is 8.08. The van der Waals surface area contributed by atoms with Gasteiger partial charge in [0.15, 0.2) is 4.67 Å². The smallest absolute Gasteiger partial charge is 0.169 e. The molecule has 3 rings (SSSR count). The summed E-state index contributed by atoms with van der Waals surface area (Å²) in [6, 6.07) is 2.93. The SMILES string of the molecule is Brc1cc(CN2CC3CCC2C3)co1. The van der Waals surface area contributed by atoms with Gasteiger partial charge in [0.2, 0.25) is 0 Å². The molecule has 1 aliphatic heterocycles. The summed E-state index contributed by atoms with van der Waals surface area (Å²) >= 11 is 3.34. The van der Waals surface area contributed by atoms with E-state index in [-0.39, 0.29) is 0 Å². The van der Waals surface area contributed by atoms with Gasteiger partial charge in [0.25, 0.3) is 0 Å². The van der Waals surface area contributed by atoms with Gasteiger partial charge in [-0.3, -0.25) is 4.90 Å². The molecule has 3 heteroatoms. The zero-order valence-corrected chi connectivity index (χ0v) is 9.66. The summed E-state index contributed by atoms with van der Waals surface area (Å²) in [6.07, 6.45) is 6.15. The monoisotopic (exact) mass is 255 g/mol. The molecule has 14 heavy (non-hydrogen) atoms. The van der Waals surface area contributed by atoms with E-state index in [1.807, 2.05) is 6.26 Å². The third kappa shape index (κ3) is 1.52. The molecule has 2 heterocycles. The van der Waals surface area contributed by atoms with Crippen LogP contribution in [0.5, 0.6) is 0 Å². The average Bonchev–Trinajstić information content (AvgIpc) is 2.82. The first-order valence-corrected chi connectivity index (χ1v) is 6.07. The number of halogens is 1. The van der Waals surface area contributed by atoms with Crippen molar-refractivity contribution in [1.29, 1.82) is 0 Å². The van der Waals surface area contributed by atoms with Gasteiger partial charge in [-0.2, -0.15) is 0 Å². The van der Waals surface area contributed by atoms with E-state index in [9.17, 15) is 0 Å². The molecule has 1 aromatic rings. The van der Waals surface area contributed by atoms with E-state index in [0.29, 0.717) is 0 Å². The lowest BCUT2D eigenvalue weighted by molar-refractivity contribution is 0.205. The summed E-state index contributed by atoms with van der Waals surface area (Å²) in [5.74, 6) is 0.982. The summed E-state index contributed by atoms with van der Waals surface area (Å²) in [5, 5.41) is 0. The number of fused-ring (bicyclic) bond motifs is 2. The normalized spacial score (nSPS) is 31.5. The Labute approximate surface area is 92.4 Å². The van der Waals surface area contributed by atoms with Crippen LogP contribution in [0.1, 0.15) is 24.8 Å². The quantitative estimate of drug-likeness (QED) is 0.808.